The molecule has 0 atom stereocenters. The summed E-state index contributed by atoms with van der Waals surface area (Å²) in [7, 11) is 1.61. The minimum Gasteiger partial charge on any atom is -0.497 e. The number of benzene rings is 2. The largest absolute Gasteiger partial charge is 0.497 e. The third kappa shape index (κ3) is 4.80. The number of hydrogen-bond acceptors (Lipinski definition) is 7. The molecule has 0 amide bonds. The Morgan fingerprint density at radius 2 is 1.85 bits per heavy atom. The van der Waals surface area contributed by atoms with Gasteiger partial charge in [0.05, 0.1) is 37.6 Å². The predicted octanol–water partition coefficient (Wildman–Crippen LogP) is 3.81. The smallest absolute Gasteiger partial charge is 0.416 e. The van der Waals surface area contributed by atoms with E-state index in [9.17, 15) is 13.2 Å². The van der Waals surface area contributed by atoms with E-state index in [0.717, 1.165) is 62.9 Å². The Balaban J connectivity index is 0.00000289. The highest BCUT2D eigenvalue weighted by molar-refractivity contribution is 5.66. The van der Waals surface area contributed by atoms with E-state index in [4.69, 9.17) is 9.47 Å². The van der Waals surface area contributed by atoms with Gasteiger partial charge in [0.2, 0.25) is 5.95 Å². The van der Waals surface area contributed by atoms with E-state index < -0.39 is 11.7 Å². The van der Waals surface area contributed by atoms with Gasteiger partial charge < -0.3 is 19.7 Å². The van der Waals surface area contributed by atoms with Crippen LogP contribution in [0.1, 0.15) is 6.99 Å². The second kappa shape index (κ2) is 9.15. The molecule has 11 heteroatoms. The summed E-state index contributed by atoms with van der Waals surface area (Å²) in [5, 5.41) is 7.44. The van der Waals surface area contributed by atoms with E-state index in [-0.39, 0.29) is 13.1 Å². The summed E-state index contributed by atoms with van der Waals surface area (Å²) in [6, 6.07) is 11.3. The van der Waals surface area contributed by atoms with Crippen LogP contribution in [-0.4, -0.2) is 72.2 Å². The standard InChI is InChI=1S/C23H25F3N6O2.H2/c1-33-21-11-17(10-19(12-21)30-5-7-31(8-6-30)20-13-34-14-20)28-22-27-15-32(29-22)18-4-2-3-16(9-18)23(24,25)26;/h2-4,9-12,15,20H,5-8,13-14H2,1H3,(H,28,29);1H. The van der Waals surface area contributed by atoms with Crippen molar-refractivity contribution in [2.75, 3.05) is 56.7 Å². The molecule has 2 aromatic carbocycles. The number of nitrogens with zero attached hydrogens (tertiary/aromatic N) is 5. The molecule has 0 saturated carbocycles. The SMILES string of the molecule is COc1cc(Nc2ncn(-c3cccc(C(F)(F)F)c3)n2)cc(N2CCN(C3COC3)CC2)c1.[HH]. The van der Waals surface area contributed by atoms with Gasteiger partial charge in [-0.05, 0) is 24.3 Å². The molecule has 2 aliphatic rings. The molecule has 8 nitrogen and oxygen atoms in total. The van der Waals surface area contributed by atoms with Crippen LogP contribution in [0.15, 0.2) is 48.8 Å². The molecule has 1 aromatic heterocycles. The number of halogens is 3. The molecule has 1 N–H and O–H groups in total. The van der Waals surface area contributed by atoms with Gasteiger partial charge in [-0.25, -0.2) is 4.68 Å². The molecule has 0 radical (unpaired) electrons. The highest BCUT2D eigenvalue weighted by atomic mass is 19.4. The lowest BCUT2D eigenvalue weighted by Crippen LogP contribution is -2.56. The zero-order chi connectivity index (χ0) is 23.7. The van der Waals surface area contributed by atoms with E-state index >= 15 is 0 Å². The van der Waals surface area contributed by atoms with Gasteiger partial charge in [-0.2, -0.15) is 18.2 Å². The number of alkyl halides is 3. The number of rotatable bonds is 6. The zero-order valence-corrected chi connectivity index (χ0v) is 18.6. The predicted molar refractivity (Wildman–Crippen MR) is 123 cm³/mol. The van der Waals surface area contributed by atoms with Crippen molar-refractivity contribution in [2.24, 2.45) is 0 Å². The average Bonchev–Trinajstić information content (AvgIpc) is 3.26. The van der Waals surface area contributed by atoms with Crippen LogP contribution in [0.2, 0.25) is 0 Å². The molecular weight excluding hydrogens is 449 g/mol. The maximum atomic E-state index is 13.0. The fourth-order valence-corrected chi connectivity index (χ4v) is 4.13. The number of anilines is 3. The lowest BCUT2D eigenvalue weighted by atomic mass is 10.1. The van der Waals surface area contributed by atoms with Crippen molar-refractivity contribution in [3.05, 3.63) is 54.4 Å². The first kappa shape index (κ1) is 22.5. The highest BCUT2D eigenvalue weighted by Gasteiger charge is 2.31. The summed E-state index contributed by atoms with van der Waals surface area (Å²) in [6.07, 6.45) is -3.05. The van der Waals surface area contributed by atoms with Gasteiger partial charge in [-0.1, -0.05) is 6.07 Å². The van der Waals surface area contributed by atoms with Gasteiger partial charge in [0.1, 0.15) is 12.1 Å². The van der Waals surface area contributed by atoms with Gasteiger partial charge in [0.25, 0.3) is 0 Å². The third-order valence-corrected chi connectivity index (χ3v) is 6.13. The van der Waals surface area contributed by atoms with Crippen LogP contribution in [0.3, 0.4) is 0 Å². The Kier molecular flexibility index (Phi) is 6.05. The summed E-state index contributed by atoms with van der Waals surface area (Å²) >= 11 is 0. The minimum absolute atomic E-state index is 0. The molecule has 3 heterocycles. The second-order valence-electron chi connectivity index (χ2n) is 8.32. The summed E-state index contributed by atoms with van der Waals surface area (Å²) in [5.41, 5.74) is 1.28. The molecule has 0 aliphatic carbocycles. The van der Waals surface area contributed by atoms with Crippen LogP contribution in [0.4, 0.5) is 30.5 Å². The van der Waals surface area contributed by atoms with Crippen molar-refractivity contribution >= 4 is 17.3 Å². The Morgan fingerprint density at radius 1 is 1.06 bits per heavy atom. The molecule has 2 saturated heterocycles. The van der Waals surface area contributed by atoms with Crippen LogP contribution in [0.5, 0.6) is 5.75 Å². The van der Waals surface area contributed by atoms with Gasteiger partial charge >= 0.3 is 6.18 Å². The van der Waals surface area contributed by atoms with Crippen LogP contribution < -0.4 is 15.0 Å². The van der Waals surface area contributed by atoms with E-state index in [0.29, 0.717) is 11.8 Å². The first-order valence-corrected chi connectivity index (χ1v) is 11.0. The molecule has 2 aliphatic heterocycles. The molecule has 0 spiro atoms. The van der Waals surface area contributed by atoms with Crippen molar-refractivity contribution < 1.29 is 24.1 Å². The first-order chi connectivity index (χ1) is 16.4. The quantitative estimate of drug-likeness (QED) is 0.580. The Morgan fingerprint density at radius 3 is 2.53 bits per heavy atom. The van der Waals surface area contributed by atoms with Crippen LogP contribution in [-0.2, 0) is 10.9 Å². The highest BCUT2D eigenvalue weighted by Crippen LogP contribution is 2.31. The molecule has 0 bridgehead atoms. The Bertz CT molecular complexity index is 1150. The van der Waals surface area contributed by atoms with Crippen molar-refractivity contribution in [3.63, 3.8) is 0 Å². The number of hydrogen-bond donors (Lipinski definition) is 1. The second-order valence-corrected chi connectivity index (χ2v) is 8.32. The molecule has 182 valence electrons. The van der Waals surface area contributed by atoms with E-state index in [1.54, 1.807) is 13.2 Å². The van der Waals surface area contributed by atoms with Crippen molar-refractivity contribution in [1.82, 2.24) is 19.7 Å². The van der Waals surface area contributed by atoms with Crippen molar-refractivity contribution in [3.8, 4) is 11.4 Å². The molecule has 5 rings (SSSR count). The fraction of sp³-hybridized carbons (Fsp3) is 0.391. The number of piperazine rings is 1. The minimum atomic E-state index is -4.42. The monoisotopic (exact) mass is 476 g/mol. The van der Waals surface area contributed by atoms with E-state index in [2.05, 4.69) is 25.2 Å². The average molecular weight is 477 g/mol. The Hall–Kier alpha value is -3.31. The number of aromatic nitrogens is 3. The fourth-order valence-electron chi connectivity index (χ4n) is 4.13. The normalized spacial score (nSPS) is 17.5. The molecule has 0 unspecified atom stereocenters. The molecule has 34 heavy (non-hydrogen) atoms. The summed E-state index contributed by atoms with van der Waals surface area (Å²) in [6.45, 7) is 5.35. The number of nitrogens with one attached hydrogen (secondary N) is 1. The zero-order valence-electron chi connectivity index (χ0n) is 18.6. The van der Waals surface area contributed by atoms with Crippen LogP contribution in [0, 0.1) is 0 Å². The summed E-state index contributed by atoms with van der Waals surface area (Å²) in [4.78, 5) is 8.98. The van der Waals surface area contributed by atoms with Gasteiger partial charge in [0, 0.05) is 51.1 Å². The molecule has 2 fully saturated rings. The third-order valence-electron chi connectivity index (χ3n) is 6.13. The summed E-state index contributed by atoms with van der Waals surface area (Å²) < 4.78 is 51.2. The van der Waals surface area contributed by atoms with Gasteiger partial charge in [0.15, 0.2) is 0 Å². The lowest BCUT2D eigenvalue weighted by Gasteiger charge is -2.43. The maximum Gasteiger partial charge on any atom is 0.416 e. The molecule has 3 aromatic rings. The molecular formula is C23H27F3N6O2. The van der Waals surface area contributed by atoms with Crippen molar-refractivity contribution in [2.45, 2.75) is 12.2 Å². The van der Waals surface area contributed by atoms with Crippen molar-refractivity contribution in [1.29, 1.82) is 0 Å². The number of methoxy groups -OCH3 is 1. The van der Waals surface area contributed by atoms with Gasteiger partial charge in [-0.3, -0.25) is 4.90 Å². The van der Waals surface area contributed by atoms with Gasteiger partial charge in [-0.15, -0.1) is 5.10 Å². The van der Waals surface area contributed by atoms with E-state index in [1.165, 1.54) is 17.1 Å². The number of ether oxygens (including phenoxy) is 2. The van der Waals surface area contributed by atoms with Crippen LogP contribution in [0.25, 0.3) is 5.69 Å². The lowest BCUT2D eigenvalue weighted by molar-refractivity contribution is -0.137. The summed E-state index contributed by atoms with van der Waals surface area (Å²) in [5.74, 6) is 0.957. The topological polar surface area (TPSA) is 67.7 Å². The van der Waals surface area contributed by atoms with Crippen LogP contribution >= 0.6 is 0 Å². The Labute approximate surface area is 196 Å². The first-order valence-electron chi connectivity index (χ1n) is 11.0. The maximum absolute atomic E-state index is 13.0. The van der Waals surface area contributed by atoms with E-state index in [1.807, 2.05) is 18.2 Å².